The molecule has 0 spiro atoms. The summed E-state index contributed by atoms with van der Waals surface area (Å²) in [6.07, 6.45) is 5.02. The standard InChI is InChI=1S/C19H15P.2ClH.Ti/c1-20(18-10-14-6-2-3-7-15(14)11-18)19-12-16-8-4-5-9-17(16)13-19;;;/h2-13H,1H3;2*1H;/q;;;+2/p-2. The van der Waals surface area contributed by atoms with Gasteiger partial charge in [-0.25, -0.2) is 0 Å². The molecule has 1 fully saturated rings. The summed E-state index contributed by atoms with van der Waals surface area (Å²) < 4.78 is 1.57. The van der Waals surface area contributed by atoms with Gasteiger partial charge in [-0.2, -0.15) is 0 Å². The summed E-state index contributed by atoms with van der Waals surface area (Å²) in [6.45, 7) is 2.48. The summed E-state index contributed by atoms with van der Waals surface area (Å²) in [5, 5.41) is 3.50. The van der Waals surface area contributed by atoms with Gasteiger partial charge >= 0.3 is 136 Å². The van der Waals surface area contributed by atoms with E-state index in [0.29, 0.717) is 0 Å². The molecule has 0 bridgehead atoms. The van der Waals surface area contributed by atoms with Crippen LogP contribution < -0.4 is 24.8 Å². The summed E-state index contributed by atoms with van der Waals surface area (Å²) in [5.74, 6) is 0. The molecule has 0 aromatic heterocycles. The van der Waals surface area contributed by atoms with Gasteiger partial charge in [-0.05, 0) is 0 Å². The van der Waals surface area contributed by atoms with E-state index < -0.39 is 0 Å². The Kier molecular flexibility index (Phi) is 4.94. The second-order valence-corrected chi connectivity index (χ2v) is 10.5. The molecular weight excluding hydrogens is 378 g/mol. The molecule has 2 atom stereocenters. The fourth-order valence-electron chi connectivity index (χ4n) is 3.86. The summed E-state index contributed by atoms with van der Waals surface area (Å²) in [5.41, 5.74) is 6.21. The number of rotatable bonds is 0. The first-order valence-electron chi connectivity index (χ1n) is 7.44. The minimum Gasteiger partial charge on any atom is -1.00 e. The normalized spacial score (nSPS) is 25.0. The number of hydrogen-bond donors (Lipinski definition) is 0. The van der Waals surface area contributed by atoms with E-state index in [2.05, 4.69) is 67.3 Å². The third kappa shape index (κ3) is 2.51. The Hall–Kier alpha value is -0.356. The molecule has 0 amide bonds. The maximum atomic E-state index is 2.51. The van der Waals surface area contributed by atoms with E-state index in [0.717, 1.165) is 8.45 Å². The van der Waals surface area contributed by atoms with Gasteiger partial charge in [-0.15, -0.1) is 0 Å². The average Bonchev–Trinajstić information content (AvgIpc) is 3.07. The first-order valence-corrected chi connectivity index (χ1v) is 11.0. The van der Waals surface area contributed by atoms with Crippen LogP contribution in [-0.4, -0.2) is 6.66 Å². The van der Waals surface area contributed by atoms with Crippen molar-refractivity contribution in [1.82, 2.24) is 0 Å². The first-order chi connectivity index (χ1) is 10.3. The van der Waals surface area contributed by atoms with Gasteiger partial charge in [-0.1, -0.05) is 0 Å². The van der Waals surface area contributed by atoms with E-state index in [4.69, 9.17) is 0 Å². The molecule has 2 unspecified atom stereocenters. The summed E-state index contributed by atoms with van der Waals surface area (Å²) in [6, 6.07) is 18.1. The van der Waals surface area contributed by atoms with Crippen LogP contribution in [0.3, 0.4) is 0 Å². The molecule has 0 nitrogen and oxygen atoms in total. The number of halogens is 2. The van der Waals surface area contributed by atoms with Crippen LogP contribution in [0.4, 0.5) is 0 Å². The fraction of sp³-hybridized carbons (Fsp3) is 0.158. The molecule has 2 aliphatic carbocycles. The molecule has 2 aromatic carbocycles. The second kappa shape index (κ2) is 6.51. The molecule has 23 heavy (non-hydrogen) atoms. The van der Waals surface area contributed by atoms with Crippen LogP contribution in [0.5, 0.6) is 0 Å². The van der Waals surface area contributed by atoms with Crippen LogP contribution in [0, 0.1) is 0 Å². The zero-order valence-corrected chi connectivity index (χ0v) is 16.6. The zero-order valence-electron chi connectivity index (χ0n) is 12.6. The number of allylic oxidation sites excluding steroid dienone is 2. The Balaban J connectivity index is 0.000000781. The van der Waals surface area contributed by atoms with Gasteiger partial charge in [0.25, 0.3) is 0 Å². The van der Waals surface area contributed by atoms with E-state index in [9.17, 15) is 0 Å². The largest absolute Gasteiger partial charge is 1.00 e. The Morgan fingerprint density at radius 3 is 1.65 bits per heavy atom. The Labute approximate surface area is 160 Å². The fourth-order valence-corrected chi connectivity index (χ4v) is 11.0. The number of fused-ring (bicyclic) bond motifs is 6. The van der Waals surface area contributed by atoms with Gasteiger partial charge < -0.3 is 24.8 Å². The van der Waals surface area contributed by atoms with Gasteiger partial charge in [0.15, 0.2) is 0 Å². The van der Waals surface area contributed by atoms with Crippen molar-refractivity contribution in [2.24, 2.45) is 0 Å². The van der Waals surface area contributed by atoms with Crippen LogP contribution >= 0.6 is 7.92 Å². The smallest absolute Gasteiger partial charge is 1.00 e. The van der Waals surface area contributed by atoms with Crippen molar-refractivity contribution in [1.29, 1.82) is 0 Å². The molecule has 2 aromatic rings. The molecular formula is C19H15Cl2PTi. The van der Waals surface area contributed by atoms with Crippen molar-refractivity contribution < 1.29 is 44.0 Å². The van der Waals surface area contributed by atoms with Crippen LogP contribution in [-0.2, 0) is 19.2 Å². The van der Waals surface area contributed by atoms with Crippen molar-refractivity contribution in [3.8, 4) is 0 Å². The minimum atomic E-state index is -0.112. The molecule has 114 valence electrons. The predicted molar refractivity (Wildman–Crippen MR) is 87.2 cm³/mol. The van der Waals surface area contributed by atoms with E-state index in [-0.39, 0.29) is 51.9 Å². The van der Waals surface area contributed by atoms with Crippen LogP contribution in [0.15, 0.2) is 59.2 Å². The minimum absolute atomic E-state index is 0. The monoisotopic (exact) mass is 392 g/mol. The van der Waals surface area contributed by atoms with Gasteiger partial charge in [-0.3, -0.25) is 0 Å². The Morgan fingerprint density at radius 1 is 0.739 bits per heavy atom. The maximum Gasteiger partial charge on any atom is -1.00 e. The third-order valence-corrected chi connectivity index (χ3v) is 11.0. The molecule has 3 aliphatic rings. The van der Waals surface area contributed by atoms with Gasteiger partial charge in [0.05, 0.1) is 0 Å². The molecule has 1 aliphatic heterocycles. The van der Waals surface area contributed by atoms with Crippen molar-refractivity contribution in [2.45, 2.75) is 8.45 Å². The zero-order chi connectivity index (χ0) is 14.0. The Bertz CT molecular complexity index is 760. The molecule has 1 heterocycles. The van der Waals surface area contributed by atoms with E-state index >= 15 is 0 Å². The van der Waals surface area contributed by atoms with Gasteiger partial charge in [0.2, 0.25) is 0 Å². The SMILES string of the molecule is CP1C2=Cc3ccccc3[CH]2[Ti+2][CH]2C1=Cc1ccccc12.[Cl-].[Cl-]. The van der Waals surface area contributed by atoms with Crippen molar-refractivity contribution in [3.63, 3.8) is 0 Å². The first kappa shape index (κ1) is 17.5. The molecule has 5 rings (SSSR count). The summed E-state index contributed by atoms with van der Waals surface area (Å²) in [7, 11) is -0.112. The third-order valence-electron chi connectivity index (χ3n) is 4.92. The summed E-state index contributed by atoms with van der Waals surface area (Å²) in [4.78, 5) is 0. The summed E-state index contributed by atoms with van der Waals surface area (Å²) >= 11 is -0.0565. The maximum absolute atomic E-state index is 2.51. The second-order valence-electron chi connectivity index (χ2n) is 5.99. The van der Waals surface area contributed by atoms with Crippen molar-refractivity contribution in [3.05, 3.63) is 81.4 Å². The van der Waals surface area contributed by atoms with E-state index in [1.807, 2.05) is 0 Å². The van der Waals surface area contributed by atoms with E-state index in [1.54, 1.807) is 21.8 Å². The molecule has 0 N–H and O–H groups in total. The van der Waals surface area contributed by atoms with E-state index in [1.165, 1.54) is 11.1 Å². The average molecular weight is 393 g/mol. The van der Waals surface area contributed by atoms with Crippen molar-refractivity contribution in [2.75, 3.05) is 6.66 Å². The van der Waals surface area contributed by atoms with Crippen LogP contribution in [0.1, 0.15) is 30.7 Å². The molecule has 1 saturated heterocycles. The van der Waals surface area contributed by atoms with Crippen molar-refractivity contribution >= 4 is 20.1 Å². The Morgan fingerprint density at radius 2 is 1.17 bits per heavy atom. The van der Waals surface area contributed by atoms with Gasteiger partial charge in [0.1, 0.15) is 0 Å². The van der Waals surface area contributed by atoms with Gasteiger partial charge in [0, 0.05) is 0 Å². The topological polar surface area (TPSA) is 0 Å². The number of benzene rings is 2. The number of hydrogen-bond acceptors (Lipinski definition) is 0. The predicted octanol–water partition coefficient (Wildman–Crippen LogP) is -0.606. The molecule has 0 radical (unpaired) electrons. The molecule has 0 saturated carbocycles. The van der Waals surface area contributed by atoms with Crippen LogP contribution in [0.25, 0.3) is 12.2 Å². The molecule has 4 heteroatoms. The van der Waals surface area contributed by atoms with Crippen LogP contribution in [0.2, 0.25) is 0 Å². The quantitative estimate of drug-likeness (QED) is 0.414.